The van der Waals surface area contributed by atoms with E-state index in [1.807, 2.05) is 13.8 Å². The van der Waals surface area contributed by atoms with Gasteiger partial charge in [-0.25, -0.2) is 0 Å². The van der Waals surface area contributed by atoms with Gasteiger partial charge in [0.2, 0.25) is 0 Å². The Balaban J connectivity index is 2.47. The number of carbonyl (C=O) groups is 2. The molecule has 0 saturated heterocycles. The molecule has 3 nitrogen and oxygen atoms in total. The van der Waals surface area contributed by atoms with Crippen molar-refractivity contribution in [2.24, 2.45) is 5.41 Å². The van der Waals surface area contributed by atoms with Crippen molar-refractivity contribution < 1.29 is 14.3 Å². The highest BCUT2D eigenvalue weighted by molar-refractivity contribution is 5.92. The topological polar surface area (TPSA) is 43.4 Å². The van der Waals surface area contributed by atoms with Crippen LogP contribution in [0, 0.1) is 5.41 Å². The van der Waals surface area contributed by atoms with Crippen molar-refractivity contribution >= 4 is 11.8 Å². The number of ether oxygens (including phenoxy) is 1. The summed E-state index contributed by atoms with van der Waals surface area (Å²) >= 11 is 0. The van der Waals surface area contributed by atoms with E-state index in [1.165, 1.54) is 0 Å². The first-order valence-corrected chi connectivity index (χ1v) is 4.21. The summed E-state index contributed by atoms with van der Waals surface area (Å²) in [7, 11) is 0. The minimum atomic E-state index is -0.454. The van der Waals surface area contributed by atoms with Crippen LogP contribution < -0.4 is 0 Å². The highest BCUT2D eigenvalue weighted by Crippen LogP contribution is 2.38. The summed E-state index contributed by atoms with van der Waals surface area (Å²) in [6.07, 6.45) is 0.567. The molecule has 0 radical (unpaired) electrons. The van der Waals surface area contributed by atoms with Gasteiger partial charge >= 0.3 is 5.97 Å². The van der Waals surface area contributed by atoms with Crippen molar-refractivity contribution in [1.29, 1.82) is 0 Å². The van der Waals surface area contributed by atoms with E-state index >= 15 is 0 Å². The lowest BCUT2D eigenvalue weighted by atomic mass is 9.68. The minimum absolute atomic E-state index is 0.177. The number of esters is 1. The van der Waals surface area contributed by atoms with Crippen LogP contribution in [0.15, 0.2) is 0 Å². The molecule has 0 bridgehead atoms. The third-order valence-corrected chi connectivity index (χ3v) is 2.46. The Hall–Kier alpha value is -0.860. The van der Waals surface area contributed by atoms with Gasteiger partial charge in [0.15, 0.2) is 0 Å². The van der Waals surface area contributed by atoms with E-state index in [1.54, 1.807) is 6.92 Å². The summed E-state index contributed by atoms with van der Waals surface area (Å²) in [5, 5.41) is 0. The maximum Gasteiger partial charge on any atom is 0.305 e. The Morgan fingerprint density at radius 1 is 1.67 bits per heavy atom. The number of Topliss-reactive ketones (excluding diaryl/α,β-unsaturated/α-hetero) is 1. The van der Waals surface area contributed by atoms with Gasteiger partial charge in [0.05, 0.1) is 5.41 Å². The van der Waals surface area contributed by atoms with Crippen molar-refractivity contribution in [3.63, 3.8) is 0 Å². The zero-order valence-electron chi connectivity index (χ0n) is 7.72. The zero-order valence-corrected chi connectivity index (χ0v) is 7.72. The predicted molar refractivity (Wildman–Crippen MR) is 43.6 cm³/mol. The standard InChI is InChI=1S/C9H14O3/c1-4-8(11)12-7-5-6(10)9(7,2)3/h7H,4-5H2,1-3H3. The molecule has 0 aromatic carbocycles. The smallest absolute Gasteiger partial charge is 0.305 e. The third kappa shape index (κ3) is 1.36. The molecular formula is C9H14O3. The van der Waals surface area contributed by atoms with Crippen LogP contribution in [0.25, 0.3) is 0 Å². The van der Waals surface area contributed by atoms with Gasteiger partial charge in [0.25, 0.3) is 0 Å². The first-order valence-electron chi connectivity index (χ1n) is 4.21. The van der Waals surface area contributed by atoms with E-state index in [0.717, 1.165) is 0 Å². The highest BCUT2D eigenvalue weighted by Gasteiger charge is 2.49. The third-order valence-electron chi connectivity index (χ3n) is 2.46. The molecule has 0 heterocycles. The highest BCUT2D eigenvalue weighted by atomic mass is 16.5. The van der Waals surface area contributed by atoms with Crippen molar-refractivity contribution in [3.8, 4) is 0 Å². The van der Waals surface area contributed by atoms with Gasteiger partial charge in [0, 0.05) is 12.8 Å². The normalized spacial score (nSPS) is 26.2. The van der Waals surface area contributed by atoms with Crippen LogP contribution in [-0.2, 0) is 14.3 Å². The fourth-order valence-corrected chi connectivity index (χ4v) is 1.17. The number of hydrogen-bond acceptors (Lipinski definition) is 3. The summed E-state index contributed by atoms with van der Waals surface area (Å²) in [6.45, 7) is 5.37. The molecule has 12 heavy (non-hydrogen) atoms. The molecule has 0 aromatic heterocycles. The first kappa shape index (κ1) is 9.23. The quantitative estimate of drug-likeness (QED) is 0.587. The first-order chi connectivity index (χ1) is 5.48. The SMILES string of the molecule is CCC(=O)OC1CC(=O)C1(C)C. The number of rotatable bonds is 2. The van der Waals surface area contributed by atoms with Gasteiger partial charge < -0.3 is 4.74 Å². The lowest BCUT2D eigenvalue weighted by molar-refractivity contribution is -0.172. The second kappa shape index (κ2) is 2.88. The number of ketones is 1. The molecular weight excluding hydrogens is 156 g/mol. The van der Waals surface area contributed by atoms with Crippen LogP contribution in [0.1, 0.15) is 33.6 Å². The summed E-state index contributed by atoms with van der Waals surface area (Å²) in [4.78, 5) is 21.9. The molecule has 1 fully saturated rings. The Labute approximate surface area is 72.1 Å². The van der Waals surface area contributed by atoms with Crippen LogP contribution in [0.2, 0.25) is 0 Å². The predicted octanol–water partition coefficient (Wildman–Crippen LogP) is 1.31. The van der Waals surface area contributed by atoms with Crippen molar-refractivity contribution in [2.75, 3.05) is 0 Å². The maximum atomic E-state index is 11.0. The zero-order chi connectivity index (χ0) is 9.35. The Morgan fingerprint density at radius 2 is 2.25 bits per heavy atom. The van der Waals surface area contributed by atoms with Crippen molar-refractivity contribution in [3.05, 3.63) is 0 Å². The number of hydrogen-bond donors (Lipinski definition) is 0. The van der Waals surface area contributed by atoms with Crippen LogP contribution in [0.4, 0.5) is 0 Å². The van der Waals surface area contributed by atoms with E-state index in [2.05, 4.69) is 0 Å². The van der Waals surface area contributed by atoms with E-state index in [9.17, 15) is 9.59 Å². The van der Waals surface area contributed by atoms with Crippen LogP contribution in [0.3, 0.4) is 0 Å². The monoisotopic (exact) mass is 170 g/mol. The van der Waals surface area contributed by atoms with Crippen LogP contribution >= 0.6 is 0 Å². The second-order valence-corrected chi connectivity index (χ2v) is 3.68. The molecule has 1 atom stereocenters. The van der Waals surface area contributed by atoms with Gasteiger partial charge in [0.1, 0.15) is 11.9 Å². The summed E-state index contributed by atoms with van der Waals surface area (Å²) in [6, 6.07) is 0. The molecule has 1 unspecified atom stereocenters. The summed E-state index contributed by atoms with van der Waals surface area (Å²) in [5.74, 6) is -0.0445. The Morgan fingerprint density at radius 3 is 2.58 bits per heavy atom. The molecule has 1 rings (SSSR count). The van der Waals surface area contributed by atoms with Gasteiger partial charge in [-0.3, -0.25) is 9.59 Å². The molecule has 1 aliphatic carbocycles. The molecule has 1 aliphatic rings. The molecule has 0 amide bonds. The average Bonchev–Trinajstić information content (AvgIpc) is 2.03. The largest absolute Gasteiger partial charge is 0.461 e. The van der Waals surface area contributed by atoms with E-state index < -0.39 is 5.41 Å². The fourth-order valence-electron chi connectivity index (χ4n) is 1.17. The summed E-state index contributed by atoms with van der Waals surface area (Å²) < 4.78 is 5.06. The Kier molecular flexibility index (Phi) is 2.22. The lowest BCUT2D eigenvalue weighted by Gasteiger charge is -2.41. The molecule has 0 aliphatic heterocycles. The van der Waals surface area contributed by atoms with Crippen LogP contribution in [-0.4, -0.2) is 17.9 Å². The average molecular weight is 170 g/mol. The minimum Gasteiger partial charge on any atom is -0.461 e. The molecule has 68 valence electrons. The van der Waals surface area contributed by atoms with E-state index in [0.29, 0.717) is 12.8 Å². The van der Waals surface area contributed by atoms with Crippen molar-refractivity contribution in [1.82, 2.24) is 0 Å². The molecule has 0 spiro atoms. The van der Waals surface area contributed by atoms with Gasteiger partial charge in [-0.05, 0) is 13.8 Å². The molecule has 0 N–H and O–H groups in total. The second-order valence-electron chi connectivity index (χ2n) is 3.68. The maximum absolute atomic E-state index is 11.0. The number of carbonyl (C=O) groups excluding carboxylic acids is 2. The van der Waals surface area contributed by atoms with E-state index in [4.69, 9.17) is 4.74 Å². The van der Waals surface area contributed by atoms with Gasteiger partial charge in [-0.1, -0.05) is 6.92 Å². The molecule has 0 aromatic rings. The van der Waals surface area contributed by atoms with Gasteiger partial charge in [-0.15, -0.1) is 0 Å². The molecule has 3 heteroatoms. The fraction of sp³-hybridized carbons (Fsp3) is 0.778. The van der Waals surface area contributed by atoms with E-state index in [-0.39, 0.29) is 17.9 Å². The Bertz CT molecular complexity index is 218. The molecule has 1 saturated carbocycles. The van der Waals surface area contributed by atoms with Crippen LogP contribution in [0.5, 0.6) is 0 Å². The van der Waals surface area contributed by atoms with Gasteiger partial charge in [-0.2, -0.15) is 0 Å². The lowest BCUT2D eigenvalue weighted by Crippen LogP contribution is -2.52. The van der Waals surface area contributed by atoms with Crippen molar-refractivity contribution in [2.45, 2.75) is 39.7 Å². The summed E-state index contributed by atoms with van der Waals surface area (Å²) in [5.41, 5.74) is -0.454.